The summed E-state index contributed by atoms with van der Waals surface area (Å²) in [5.74, 6) is -0.0380. The van der Waals surface area contributed by atoms with Crippen LogP contribution in [0.5, 0.6) is 0 Å². The zero-order valence-electron chi connectivity index (χ0n) is 15.6. The number of aliphatic hydroxyl groups is 1. The van der Waals surface area contributed by atoms with Crippen LogP contribution in [0.2, 0.25) is 0 Å². The van der Waals surface area contributed by atoms with Crippen molar-refractivity contribution in [1.82, 2.24) is 14.7 Å². The van der Waals surface area contributed by atoms with E-state index in [4.69, 9.17) is 0 Å². The van der Waals surface area contributed by atoms with Gasteiger partial charge in [0.25, 0.3) is 0 Å². The van der Waals surface area contributed by atoms with E-state index < -0.39 is 12.1 Å². The molecule has 1 spiro atoms. The Morgan fingerprint density at radius 3 is 2.65 bits per heavy atom. The molecular weight excluding hydrogens is 334 g/mol. The first-order valence-electron chi connectivity index (χ1n) is 10.1. The smallest absolute Gasteiger partial charge is 0.408 e. The van der Waals surface area contributed by atoms with Crippen molar-refractivity contribution in [2.24, 2.45) is 5.41 Å². The number of amides is 2. The molecule has 1 aliphatic carbocycles. The SMILES string of the molecule is C[C@H]1C(=O)N2[C@H](CCN3CCC4(CC4)[C@H](O)C3)CCC[C@@H]2CN1C(=O)O. The second-order valence-electron chi connectivity index (χ2n) is 8.81. The number of piperazine rings is 1. The second kappa shape index (κ2) is 6.68. The highest BCUT2D eigenvalue weighted by molar-refractivity contribution is 5.86. The molecule has 4 aliphatic rings. The van der Waals surface area contributed by atoms with Gasteiger partial charge in [0.15, 0.2) is 0 Å². The third kappa shape index (κ3) is 3.09. The lowest BCUT2D eigenvalue weighted by Gasteiger charge is -2.50. The summed E-state index contributed by atoms with van der Waals surface area (Å²) < 4.78 is 0. The molecular formula is C19H31N3O4. The molecule has 0 aromatic heterocycles. The van der Waals surface area contributed by atoms with Crippen LogP contribution in [-0.2, 0) is 4.79 Å². The van der Waals surface area contributed by atoms with E-state index in [9.17, 15) is 19.8 Å². The summed E-state index contributed by atoms with van der Waals surface area (Å²) in [5, 5.41) is 19.7. The van der Waals surface area contributed by atoms with Crippen molar-refractivity contribution in [3.05, 3.63) is 0 Å². The highest BCUT2D eigenvalue weighted by Gasteiger charge is 2.51. The zero-order chi connectivity index (χ0) is 18.5. The largest absolute Gasteiger partial charge is 0.465 e. The highest BCUT2D eigenvalue weighted by atomic mass is 16.4. The lowest BCUT2D eigenvalue weighted by molar-refractivity contribution is -0.150. The summed E-state index contributed by atoms with van der Waals surface area (Å²) in [6.07, 6.45) is 6.11. The van der Waals surface area contributed by atoms with E-state index in [0.717, 1.165) is 51.7 Å². The minimum Gasteiger partial charge on any atom is -0.465 e. The molecule has 3 saturated heterocycles. The van der Waals surface area contributed by atoms with Gasteiger partial charge in [-0.2, -0.15) is 0 Å². The van der Waals surface area contributed by atoms with Gasteiger partial charge in [-0.05, 0) is 63.8 Å². The molecule has 7 nitrogen and oxygen atoms in total. The minimum atomic E-state index is -0.996. The van der Waals surface area contributed by atoms with Gasteiger partial charge in [-0.15, -0.1) is 0 Å². The monoisotopic (exact) mass is 365 g/mol. The summed E-state index contributed by atoms with van der Waals surface area (Å²) in [6, 6.07) is -0.361. The fourth-order valence-corrected chi connectivity index (χ4v) is 5.32. The first kappa shape index (κ1) is 18.0. The fraction of sp³-hybridized carbons (Fsp3) is 0.895. The second-order valence-corrected chi connectivity index (χ2v) is 8.81. The van der Waals surface area contributed by atoms with Crippen LogP contribution < -0.4 is 0 Å². The predicted molar refractivity (Wildman–Crippen MR) is 95.8 cm³/mol. The van der Waals surface area contributed by atoms with Crippen molar-refractivity contribution >= 4 is 12.0 Å². The van der Waals surface area contributed by atoms with Crippen LogP contribution >= 0.6 is 0 Å². The van der Waals surface area contributed by atoms with E-state index in [-0.39, 0.29) is 29.5 Å². The number of fused-ring (bicyclic) bond motifs is 1. The number of hydrogen-bond donors (Lipinski definition) is 2. The minimum absolute atomic E-state index is 0.0234. The van der Waals surface area contributed by atoms with Crippen molar-refractivity contribution in [1.29, 1.82) is 0 Å². The maximum absolute atomic E-state index is 12.8. The number of aliphatic hydroxyl groups excluding tert-OH is 1. The summed E-state index contributed by atoms with van der Waals surface area (Å²) in [7, 11) is 0. The summed E-state index contributed by atoms with van der Waals surface area (Å²) in [6.45, 7) is 4.85. The van der Waals surface area contributed by atoms with Gasteiger partial charge in [0.2, 0.25) is 5.91 Å². The van der Waals surface area contributed by atoms with Gasteiger partial charge < -0.3 is 20.0 Å². The van der Waals surface area contributed by atoms with Crippen LogP contribution in [0, 0.1) is 5.41 Å². The zero-order valence-corrected chi connectivity index (χ0v) is 15.6. The van der Waals surface area contributed by atoms with Crippen molar-refractivity contribution in [2.45, 2.75) is 76.1 Å². The Hall–Kier alpha value is -1.34. The summed E-state index contributed by atoms with van der Waals surface area (Å²) in [4.78, 5) is 29.9. The molecule has 1 saturated carbocycles. The van der Waals surface area contributed by atoms with Gasteiger partial charge in [-0.25, -0.2) is 4.79 Å². The van der Waals surface area contributed by atoms with Crippen molar-refractivity contribution in [3.8, 4) is 0 Å². The number of nitrogens with zero attached hydrogens (tertiary/aromatic N) is 3. The van der Waals surface area contributed by atoms with E-state index in [2.05, 4.69) is 4.90 Å². The van der Waals surface area contributed by atoms with Crippen LogP contribution in [0.1, 0.15) is 51.9 Å². The van der Waals surface area contributed by atoms with Crippen LogP contribution in [0.4, 0.5) is 4.79 Å². The molecule has 2 N–H and O–H groups in total. The molecule has 26 heavy (non-hydrogen) atoms. The number of β-amino-alcohol motifs (C(OH)–C–C–N with tert-alkyl or cyclic N) is 1. The van der Waals surface area contributed by atoms with Gasteiger partial charge >= 0.3 is 6.09 Å². The van der Waals surface area contributed by atoms with Gasteiger partial charge in [0.1, 0.15) is 6.04 Å². The Balaban J connectivity index is 1.36. The molecule has 4 fully saturated rings. The van der Waals surface area contributed by atoms with E-state index in [1.807, 2.05) is 4.90 Å². The summed E-state index contributed by atoms with van der Waals surface area (Å²) >= 11 is 0. The van der Waals surface area contributed by atoms with Crippen molar-refractivity contribution in [3.63, 3.8) is 0 Å². The van der Waals surface area contributed by atoms with Gasteiger partial charge in [0.05, 0.1) is 6.10 Å². The Morgan fingerprint density at radius 1 is 1.23 bits per heavy atom. The maximum Gasteiger partial charge on any atom is 0.408 e. The quantitative estimate of drug-likeness (QED) is 0.789. The van der Waals surface area contributed by atoms with Crippen LogP contribution in [-0.4, -0.2) is 87.3 Å². The number of carboxylic acid groups (broad SMARTS) is 1. The van der Waals surface area contributed by atoms with Gasteiger partial charge in [0, 0.05) is 31.7 Å². The number of rotatable bonds is 3. The number of piperidine rings is 2. The molecule has 2 amide bonds. The van der Waals surface area contributed by atoms with Crippen LogP contribution in [0.25, 0.3) is 0 Å². The molecule has 3 aliphatic heterocycles. The molecule has 0 radical (unpaired) electrons. The number of hydrogen-bond acceptors (Lipinski definition) is 4. The number of carbonyl (C=O) groups is 2. The Morgan fingerprint density at radius 2 is 2.00 bits per heavy atom. The van der Waals surface area contributed by atoms with E-state index in [0.29, 0.717) is 6.54 Å². The molecule has 0 bridgehead atoms. The Labute approximate surface area is 154 Å². The molecule has 7 heteroatoms. The number of likely N-dealkylation sites (tertiary alicyclic amines) is 1. The third-order valence-electron chi connectivity index (χ3n) is 7.33. The molecule has 4 atom stereocenters. The molecule has 146 valence electrons. The molecule has 0 unspecified atom stereocenters. The maximum atomic E-state index is 12.8. The van der Waals surface area contributed by atoms with Crippen LogP contribution in [0.3, 0.4) is 0 Å². The lowest BCUT2D eigenvalue weighted by atomic mass is 9.88. The van der Waals surface area contributed by atoms with E-state index >= 15 is 0 Å². The third-order valence-corrected chi connectivity index (χ3v) is 7.33. The predicted octanol–water partition coefficient (Wildman–Crippen LogP) is 1.36. The molecule has 4 rings (SSSR count). The molecule has 3 heterocycles. The number of carbonyl (C=O) groups excluding carboxylic acids is 1. The van der Waals surface area contributed by atoms with E-state index in [1.54, 1.807) is 6.92 Å². The first-order valence-corrected chi connectivity index (χ1v) is 10.1. The summed E-state index contributed by atoms with van der Waals surface area (Å²) in [5.41, 5.74) is 0.227. The average Bonchev–Trinajstić information content (AvgIpc) is 3.39. The standard InChI is InChI=1S/C19H31N3O4/c1-13-17(24)22-14(3-2-4-15(22)11-21(13)18(25)26)5-9-20-10-8-19(6-7-19)16(23)12-20/h13-16,23H,2-12H2,1H3,(H,25,26)/t13-,14-,15+,16+/m0/s1. The van der Waals surface area contributed by atoms with Crippen molar-refractivity contribution in [2.75, 3.05) is 26.2 Å². The molecule has 0 aromatic carbocycles. The normalized spacial score (nSPS) is 36.9. The van der Waals surface area contributed by atoms with Gasteiger partial charge in [-0.3, -0.25) is 9.69 Å². The Bertz CT molecular complexity index is 579. The van der Waals surface area contributed by atoms with Gasteiger partial charge in [-0.1, -0.05) is 0 Å². The average molecular weight is 365 g/mol. The first-order chi connectivity index (χ1) is 12.4. The fourth-order valence-electron chi connectivity index (χ4n) is 5.32. The highest BCUT2D eigenvalue weighted by Crippen LogP contribution is 2.53. The Kier molecular flexibility index (Phi) is 4.63. The van der Waals surface area contributed by atoms with Crippen molar-refractivity contribution < 1.29 is 19.8 Å². The van der Waals surface area contributed by atoms with Crippen LogP contribution in [0.15, 0.2) is 0 Å². The molecule has 0 aromatic rings. The topological polar surface area (TPSA) is 84.3 Å². The van der Waals surface area contributed by atoms with E-state index in [1.165, 1.54) is 17.7 Å². The lowest BCUT2D eigenvalue weighted by Crippen LogP contribution is -2.65.